The quantitative estimate of drug-likeness (QED) is 0.800. The first-order chi connectivity index (χ1) is 10.1. The maximum absolute atomic E-state index is 3.66. The van der Waals surface area contributed by atoms with Gasteiger partial charge in [0.2, 0.25) is 0 Å². The van der Waals surface area contributed by atoms with Crippen molar-refractivity contribution in [3.63, 3.8) is 0 Å². The average Bonchev–Trinajstić information content (AvgIpc) is 2.46. The monoisotopic (exact) mass is 345 g/mol. The lowest BCUT2D eigenvalue weighted by atomic mass is 9.91. The van der Waals surface area contributed by atoms with Crippen molar-refractivity contribution in [3.8, 4) is 0 Å². The molecule has 2 rings (SSSR count). The lowest BCUT2D eigenvalue weighted by Gasteiger charge is -2.18. The third kappa shape index (κ3) is 4.69. The van der Waals surface area contributed by atoms with E-state index in [4.69, 9.17) is 0 Å². The van der Waals surface area contributed by atoms with Crippen molar-refractivity contribution in [1.82, 2.24) is 5.32 Å². The van der Waals surface area contributed by atoms with Crippen LogP contribution in [0, 0.1) is 19.8 Å². The van der Waals surface area contributed by atoms with Gasteiger partial charge in [-0.3, -0.25) is 0 Å². The zero-order chi connectivity index (χ0) is 15.2. The Morgan fingerprint density at radius 2 is 1.76 bits per heavy atom. The minimum atomic E-state index is 0.607. The fourth-order valence-electron chi connectivity index (χ4n) is 2.74. The molecule has 0 heterocycles. The number of halogens is 1. The van der Waals surface area contributed by atoms with Gasteiger partial charge in [-0.2, -0.15) is 0 Å². The Morgan fingerprint density at radius 1 is 1.00 bits per heavy atom. The summed E-state index contributed by atoms with van der Waals surface area (Å²) in [4.78, 5) is 0. The minimum Gasteiger partial charge on any atom is -0.319 e. The first-order valence-electron chi connectivity index (χ1n) is 7.54. The topological polar surface area (TPSA) is 12.0 Å². The third-order valence-corrected chi connectivity index (χ3v) is 4.83. The van der Waals surface area contributed by atoms with Gasteiger partial charge in [0.25, 0.3) is 0 Å². The molecule has 0 aliphatic rings. The van der Waals surface area contributed by atoms with Crippen LogP contribution >= 0.6 is 15.9 Å². The Morgan fingerprint density at radius 3 is 2.43 bits per heavy atom. The Balaban J connectivity index is 2.11. The molecule has 0 bridgehead atoms. The third-order valence-electron chi connectivity index (χ3n) is 4.05. The van der Waals surface area contributed by atoms with Gasteiger partial charge in [-0.1, -0.05) is 52.3 Å². The van der Waals surface area contributed by atoms with Gasteiger partial charge in [-0.15, -0.1) is 0 Å². The highest BCUT2D eigenvalue weighted by molar-refractivity contribution is 9.10. The molecule has 1 nitrogen and oxygen atoms in total. The first kappa shape index (κ1) is 16.3. The summed E-state index contributed by atoms with van der Waals surface area (Å²) in [5, 5.41) is 3.34. The smallest absolute Gasteiger partial charge is 0.0207 e. The molecule has 0 fully saturated rings. The fourth-order valence-corrected chi connectivity index (χ4v) is 3.19. The molecule has 2 heteroatoms. The van der Waals surface area contributed by atoms with E-state index < -0.39 is 0 Å². The van der Waals surface area contributed by atoms with Gasteiger partial charge in [0.1, 0.15) is 0 Å². The van der Waals surface area contributed by atoms with Crippen LogP contribution in [-0.4, -0.2) is 13.6 Å². The zero-order valence-electron chi connectivity index (χ0n) is 13.1. The molecule has 112 valence electrons. The molecule has 1 atom stereocenters. The summed E-state index contributed by atoms with van der Waals surface area (Å²) in [6, 6.07) is 15.4. The van der Waals surface area contributed by atoms with Crippen LogP contribution < -0.4 is 5.32 Å². The van der Waals surface area contributed by atoms with Crippen LogP contribution in [0.3, 0.4) is 0 Å². The number of hydrogen-bond acceptors (Lipinski definition) is 1. The number of aryl methyl sites for hydroxylation is 2. The van der Waals surface area contributed by atoms with Gasteiger partial charge in [0.05, 0.1) is 0 Å². The van der Waals surface area contributed by atoms with Crippen LogP contribution in [0.4, 0.5) is 0 Å². The second-order valence-corrected chi connectivity index (χ2v) is 6.70. The first-order valence-corrected chi connectivity index (χ1v) is 8.33. The highest BCUT2D eigenvalue weighted by Crippen LogP contribution is 2.22. The van der Waals surface area contributed by atoms with Crippen LogP contribution in [0.2, 0.25) is 0 Å². The number of nitrogens with one attached hydrogen (secondary N) is 1. The Hall–Kier alpha value is -1.12. The standard InChI is InChI=1S/C19H24BrN/c1-14-8-9-16(10-15(14)2)11-17(13-21-3)12-18-6-4-5-7-19(18)20/h4-10,17,21H,11-13H2,1-3H3. The van der Waals surface area contributed by atoms with E-state index in [0.717, 1.165) is 19.4 Å². The molecule has 0 aromatic heterocycles. The van der Waals surface area contributed by atoms with Gasteiger partial charge in [-0.25, -0.2) is 0 Å². The summed E-state index contributed by atoms with van der Waals surface area (Å²) in [6.45, 7) is 5.40. The highest BCUT2D eigenvalue weighted by atomic mass is 79.9. The molecule has 21 heavy (non-hydrogen) atoms. The molecule has 0 saturated carbocycles. The lowest BCUT2D eigenvalue weighted by molar-refractivity contribution is 0.492. The Kier molecular flexibility index (Phi) is 6.01. The molecule has 2 aromatic rings. The van der Waals surface area contributed by atoms with Crippen molar-refractivity contribution in [3.05, 3.63) is 69.2 Å². The van der Waals surface area contributed by atoms with E-state index in [0.29, 0.717) is 5.92 Å². The van der Waals surface area contributed by atoms with Crippen molar-refractivity contribution in [1.29, 1.82) is 0 Å². The minimum absolute atomic E-state index is 0.607. The molecule has 1 N–H and O–H groups in total. The summed E-state index contributed by atoms with van der Waals surface area (Å²) < 4.78 is 1.21. The largest absolute Gasteiger partial charge is 0.319 e. The van der Waals surface area contributed by atoms with Gasteiger partial charge in [0, 0.05) is 4.47 Å². The fraction of sp³-hybridized carbons (Fsp3) is 0.368. The van der Waals surface area contributed by atoms with Crippen molar-refractivity contribution in [2.75, 3.05) is 13.6 Å². The normalized spacial score (nSPS) is 12.4. The maximum atomic E-state index is 3.66. The van der Waals surface area contributed by atoms with Gasteiger partial charge in [-0.05, 0) is 74.5 Å². The molecular formula is C19H24BrN. The molecule has 0 aliphatic heterocycles. The van der Waals surface area contributed by atoms with Crippen LogP contribution in [0.15, 0.2) is 46.9 Å². The van der Waals surface area contributed by atoms with Crippen molar-refractivity contribution >= 4 is 15.9 Å². The van der Waals surface area contributed by atoms with E-state index in [2.05, 4.69) is 77.6 Å². The van der Waals surface area contributed by atoms with E-state index in [1.54, 1.807) is 0 Å². The predicted molar refractivity (Wildman–Crippen MR) is 94.9 cm³/mol. The summed E-state index contributed by atoms with van der Waals surface area (Å²) in [5.41, 5.74) is 5.58. The predicted octanol–water partition coefficient (Wildman–Crippen LogP) is 4.69. The summed E-state index contributed by atoms with van der Waals surface area (Å²) in [6.07, 6.45) is 2.21. The van der Waals surface area contributed by atoms with E-state index in [-0.39, 0.29) is 0 Å². The molecule has 1 unspecified atom stereocenters. The summed E-state index contributed by atoms with van der Waals surface area (Å²) in [5.74, 6) is 0.607. The number of rotatable bonds is 6. The molecule has 0 saturated heterocycles. The summed E-state index contributed by atoms with van der Waals surface area (Å²) >= 11 is 3.66. The lowest BCUT2D eigenvalue weighted by Crippen LogP contribution is -2.23. The second kappa shape index (κ2) is 7.77. The Labute approximate surface area is 136 Å². The van der Waals surface area contributed by atoms with E-state index >= 15 is 0 Å². The van der Waals surface area contributed by atoms with Crippen LogP contribution in [0.1, 0.15) is 22.3 Å². The zero-order valence-corrected chi connectivity index (χ0v) is 14.7. The van der Waals surface area contributed by atoms with Crippen molar-refractivity contribution in [2.24, 2.45) is 5.92 Å². The van der Waals surface area contributed by atoms with E-state index in [1.165, 1.54) is 26.7 Å². The molecule has 0 aliphatic carbocycles. The van der Waals surface area contributed by atoms with E-state index in [1.807, 2.05) is 7.05 Å². The van der Waals surface area contributed by atoms with Crippen LogP contribution in [-0.2, 0) is 12.8 Å². The van der Waals surface area contributed by atoms with Gasteiger partial charge in [0.15, 0.2) is 0 Å². The van der Waals surface area contributed by atoms with Crippen LogP contribution in [0.25, 0.3) is 0 Å². The molecule has 0 amide bonds. The maximum Gasteiger partial charge on any atom is 0.0207 e. The van der Waals surface area contributed by atoms with Crippen molar-refractivity contribution in [2.45, 2.75) is 26.7 Å². The average molecular weight is 346 g/mol. The van der Waals surface area contributed by atoms with Crippen LogP contribution in [0.5, 0.6) is 0 Å². The molecule has 0 spiro atoms. The second-order valence-electron chi connectivity index (χ2n) is 5.84. The van der Waals surface area contributed by atoms with Gasteiger partial charge < -0.3 is 5.32 Å². The number of hydrogen-bond donors (Lipinski definition) is 1. The molecule has 2 aromatic carbocycles. The van der Waals surface area contributed by atoms with E-state index in [9.17, 15) is 0 Å². The highest BCUT2D eigenvalue weighted by Gasteiger charge is 2.12. The SMILES string of the molecule is CNCC(Cc1ccc(C)c(C)c1)Cc1ccccc1Br. The molecular weight excluding hydrogens is 322 g/mol. The van der Waals surface area contributed by atoms with Gasteiger partial charge >= 0.3 is 0 Å². The Bertz CT molecular complexity index is 592. The summed E-state index contributed by atoms with van der Waals surface area (Å²) in [7, 11) is 2.04. The molecule has 0 radical (unpaired) electrons. The van der Waals surface area contributed by atoms with Crippen molar-refractivity contribution < 1.29 is 0 Å². The number of benzene rings is 2.